The maximum absolute atomic E-state index is 13.2. The molecule has 2 unspecified atom stereocenters. The van der Waals surface area contributed by atoms with Crippen LogP contribution >= 0.6 is 15.9 Å². The fraction of sp³-hybridized carbons (Fsp3) is 0.500. The number of carbonyl (C=O) groups excluding carboxylic acids is 1. The maximum atomic E-state index is 13.2. The smallest absolute Gasteiger partial charge is 0.282 e. The van der Waals surface area contributed by atoms with E-state index in [0.717, 1.165) is 43.9 Å². The van der Waals surface area contributed by atoms with E-state index in [2.05, 4.69) is 21.2 Å². The number of carbonyl (C=O) groups is 1. The zero-order chi connectivity index (χ0) is 15.4. The van der Waals surface area contributed by atoms with Crippen LogP contribution in [-0.4, -0.2) is 22.2 Å². The van der Waals surface area contributed by atoms with Gasteiger partial charge in [-0.05, 0) is 37.3 Å². The molecule has 1 amide bonds. The monoisotopic (exact) mass is 358 g/mol. The first-order valence-corrected chi connectivity index (χ1v) is 7.75. The van der Waals surface area contributed by atoms with Crippen LogP contribution in [0.2, 0.25) is 0 Å². The molecule has 2 rings (SSSR count). The van der Waals surface area contributed by atoms with Crippen LogP contribution in [0.4, 0.5) is 10.1 Å². The number of hydrogen-bond acceptors (Lipinski definition) is 3. The highest BCUT2D eigenvalue weighted by Gasteiger charge is 2.23. The van der Waals surface area contributed by atoms with Gasteiger partial charge in [-0.3, -0.25) is 14.9 Å². The van der Waals surface area contributed by atoms with Crippen LogP contribution in [0.1, 0.15) is 36.0 Å². The summed E-state index contributed by atoms with van der Waals surface area (Å²) < 4.78 is 13.2. The molecule has 1 N–H and O–H groups in total. The fourth-order valence-electron chi connectivity index (χ4n) is 2.59. The van der Waals surface area contributed by atoms with Crippen molar-refractivity contribution in [2.24, 2.45) is 5.92 Å². The number of rotatable bonds is 4. The summed E-state index contributed by atoms with van der Waals surface area (Å²) in [5.41, 5.74) is -0.609. The Morgan fingerprint density at radius 2 is 2.24 bits per heavy atom. The van der Waals surface area contributed by atoms with Gasteiger partial charge in [0.25, 0.3) is 11.6 Å². The average Bonchev–Trinajstić information content (AvgIpc) is 2.44. The van der Waals surface area contributed by atoms with Crippen LogP contribution in [0.3, 0.4) is 0 Å². The van der Waals surface area contributed by atoms with Gasteiger partial charge < -0.3 is 5.32 Å². The lowest BCUT2D eigenvalue weighted by molar-refractivity contribution is -0.385. The van der Waals surface area contributed by atoms with Crippen molar-refractivity contribution in [1.82, 2.24) is 5.32 Å². The quantitative estimate of drug-likeness (QED) is 0.509. The Hall–Kier alpha value is -1.50. The Kier molecular flexibility index (Phi) is 5.27. The molecule has 1 aromatic rings. The Morgan fingerprint density at radius 3 is 2.90 bits per heavy atom. The Morgan fingerprint density at radius 1 is 1.48 bits per heavy atom. The van der Waals surface area contributed by atoms with Crippen LogP contribution in [0.25, 0.3) is 0 Å². The topological polar surface area (TPSA) is 72.2 Å². The number of amides is 1. The van der Waals surface area contributed by atoms with Gasteiger partial charge in [0, 0.05) is 17.4 Å². The molecule has 1 aromatic carbocycles. The number of alkyl halides is 1. The van der Waals surface area contributed by atoms with Crippen LogP contribution in [0.5, 0.6) is 0 Å². The van der Waals surface area contributed by atoms with Crippen molar-refractivity contribution in [3.05, 3.63) is 39.7 Å². The zero-order valence-electron chi connectivity index (χ0n) is 11.4. The van der Waals surface area contributed by atoms with Crippen molar-refractivity contribution < 1.29 is 14.1 Å². The summed E-state index contributed by atoms with van der Waals surface area (Å²) in [4.78, 5) is 22.7. The van der Waals surface area contributed by atoms with Crippen LogP contribution in [0.15, 0.2) is 18.2 Å². The summed E-state index contributed by atoms with van der Waals surface area (Å²) in [6.07, 6.45) is 4.20. The molecular weight excluding hydrogens is 343 g/mol. The first-order chi connectivity index (χ1) is 9.97. The predicted molar refractivity (Wildman–Crippen MR) is 80.1 cm³/mol. The molecule has 0 aromatic heterocycles. The van der Waals surface area contributed by atoms with Crippen molar-refractivity contribution in [3.8, 4) is 0 Å². The van der Waals surface area contributed by atoms with E-state index >= 15 is 0 Å². The summed E-state index contributed by atoms with van der Waals surface area (Å²) in [7, 11) is 0. The van der Waals surface area contributed by atoms with Crippen molar-refractivity contribution in [2.45, 2.75) is 30.5 Å². The third kappa shape index (κ3) is 4.23. The van der Waals surface area contributed by atoms with E-state index in [1.165, 1.54) is 0 Å². The minimum atomic E-state index is -0.677. The van der Waals surface area contributed by atoms with Crippen molar-refractivity contribution in [2.75, 3.05) is 6.54 Å². The SMILES string of the molecule is O=C(NCC1CCCC(Br)C1)c1cc(F)ccc1[N+](=O)[O-]. The summed E-state index contributed by atoms with van der Waals surface area (Å²) in [6.45, 7) is 0.453. The molecule has 7 heteroatoms. The fourth-order valence-corrected chi connectivity index (χ4v) is 3.44. The minimum Gasteiger partial charge on any atom is -0.352 e. The molecule has 1 fully saturated rings. The average molecular weight is 359 g/mol. The number of benzene rings is 1. The molecule has 0 radical (unpaired) electrons. The lowest BCUT2D eigenvalue weighted by Gasteiger charge is -2.25. The molecule has 0 spiro atoms. The van der Waals surface area contributed by atoms with E-state index in [1.807, 2.05) is 0 Å². The number of hydrogen-bond donors (Lipinski definition) is 1. The molecular formula is C14H16BrFN2O3. The number of halogens is 2. The first-order valence-electron chi connectivity index (χ1n) is 6.83. The molecule has 1 saturated carbocycles. The highest BCUT2D eigenvalue weighted by atomic mass is 79.9. The van der Waals surface area contributed by atoms with Gasteiger partial charge in [0.15, 0.2) is 0 Å². The number of nitrogens with zero attached hydrogens (tertiary/aromatic N) is 1. The highest BCUT2D eigenvalue weighted by molar-refractivity contribution is 9.09. The van der Waals surface area contributed by atoms with Crippen molar-refractivity contribution in [1.29, 1.82) is 0 Å². The molecule has 21 heavy (non-hydrogen) atoms. The lowest BCUT2D eigenvalue weighted by atomic mass is 9.89. The normalized spacial score (nSPS) is 21.8. The van der Waals surface area contributed by atoms with Gasteiger partial charge in [-0.25, -0.2) is 4.39 Å². The minimum absolute atomic E-state index is 0.230. The Balaban J connectivity index is 2.03. The van der Waals surface area contributed by atoms with E-state index in [4.69, 9.17) is 0 Å². The predicted octanol–water partition coefficient (Wildman–Crippen LogP) is 3.42. The van der Waals surface area contributed by atoms with Crippen LogP contribution in [-0.2, 0) is 0 Å². The first kappa shape index (κ1) is 15.9. The molecule has 0 bridgehead atoms. The molecule has 5 nitrogen and oxygen atoms in total. The zero-order valence-corrected chi connectivity index (χ0v) is 12.9. The highest BCUT2D eigenvalue weighted by Crippen LogP contribution is 2.28. The third-order valence-corrected chi connectivity index (χ3v) is 4.50. The van der Waals surface area contributed by atoms with E-state index in [0.29, 0.717) is 17.3 Å². The van der Waals surface area contributed by atoms with Crippen molar-refractivity contribution in [3.63, 3.8) is 0 Å². The van der Waals surface area contributed by atoms with Crippen LogP contribution in [0, 0.1) is 21.8 Å². The van der Waals surface area contributed by atoms with E-state index in [1.54, 1.807) is 0 Å². The van der Waals surface area contributed by atoms with E-state index in [-0.39, 0.29) is 11.3 Å². The molecule has 0 saturated heterocycles. The second-order valence-electron chi connectivity index (χ2n) is 5.26. The van der Waals surface area contributed by atoms with Crippen molar-refractivity contribution >= 4 is 27.5 Å². The molecule has 0 aliphatic heterocycles. The third-order valence-electron chi connectivity index (χ3n) is 3.67. The largest absolute Gasteiger partial charge is 0.352 e. The van der Waals surface area contributed by atoms with Gasteiger partial charge in [0.1, 0.15) is 11.4 Å². The van der Waals surface area contributed by atoms with E-state index < -0.39 is 16.6 Å². The Labute approximate surface area is 130 Å². The van der Waals surface area contributed by atoms with Gasteiger partial charge in [0.05, 0.1) is 4.92 Å². The Bertz CT molecular complexity index is 553. The van der Waals surface area contributed by atoms with Gasteiger partial charge in [0.2, 0.25) is 0 Å². The van der Waals surface area contributed by atoms with Gasteiger partial charge >= 0.3 is 0 Å². The molecule has 1 aliphatic rings. The van der Waals surface area contributed by atoms with Gasteiger partial charge in [-0.15, -0.1) is 0 Å². The second-order valence-corrected chi connectivity index (χ2v) is 6.55. The standard InChI is InChI=1S/C14H16BrFN2O3/c15-10-3-1-2-9(6-10)8-17-14(19)12-7-11(16)4-5-13(12)18(20)21/h4-5,7,9-10H,1-3,6,8H2,(H,17,19). The summed E-state index contributed by atoms with van der Waals surface area (Å²) >= 11 is 3.57. The maximum Gasteiger partial charge on any atom is 0.282 e. The summed E-state index contributed by atoms with van der Waals surface area (Å²) in [5.74, 6) is -0.915. The molecule has 1 aliphatic carbocycles. The van der Waals surface area contributed by atoms with Gasteiger partial charge in [-0.2, -0.15) is 0 Å². The number of nitro benzene ring substituents is 1. The second kappa shape index (κ2) is 6.98. The van der Waals surface area contributed by atoms with E-state index in [9.17, 15) is 19.3 Å². The number of nitro groups is 1. The summed E-state index contributed by atoms with van der Waals surface area (Å²) in [5, 5.41) is 13.6. The van der Waals surface area contributed by atoms with Gasteiger partial charge in [-0.1, -0.05) is 22.4 Å². The van der Waals surface area contributed by atoms with Crippen LogP contribution < -0.4 is 5.32 Å². The summed E-state index contributed by atoms with van der Waals surface area (Å²) in [6, 6.07) is 2.90. The molecule has 0 heterocycles. The lowest BCUT2D eigenvalue weighted by Crippen LogP contribution is -2.32. The number of nitrogens with one attached hydrogen (secondary N) is 1. The molecule has 114 valence electrons. The molecule has 2 atom stereocenters.